The number of carbonyl (C=O) groups excluding carboxylic acids is 1. The van der Waals surface area contributed by atoms with Gasteiger partial charge in [-0.15, -0.1) is 0 Å². The molecule has 0 radical (unpaired) electrons. The number of fused-ring (bicyclic) bond motifs is 1. The molecular formula is C10H9IO2. The lowest BCUT2D eigenvalue weighted by atomic mass is 10.0. The fourth-order valence-corrected chi connectivity index (χ4v) is 2.52. The molecule has 2 rings (SSSR count). The molecule has 1 aliphatic rings. The van der Waals surface area contributed by atoms with E-state index in [-0.39, 0.29) is 6.10 Å². The summed E-state index contributed by atoms with van der Waals surface area (Å²) >= 11 is 2.24. The molecule has 0 aromatic heterocycles. The first-order chi connectivity index (χ1) is 6.22. The van der Waals surface area contributed by atoms with Crippen molar-refractivity contribution >= 4 is 28.9 Å². The van der Waals surface area contributed by atoms with Crippen molar-refractivity contribution in [1.82, 2.24) is 0 Å². The average Bonchev–Trinajstić information content (AvgIpc) is 2.48. The van der Waals surface area contributed by atoms with Crippen molar-refractivity contribution in [1.29, 1.82) is 0 Å². The summed E-state index contributed by atoms with van der Waals surface area (Å²) in [7, 11) is 0. The second-order valence-corrected chi connectivity index (χ2v) is 4.44. The van der Waals surface area contributed by atoms with E-state index in [0.717, 1.165) is 26.5 Å². The zero-order valence-electron chi connectivity index (χ0n) is 6.96. The SMILES string of the molecule is O=Cc1ccc(I)c2c1C[C@@H](O)C2. The van der Waals surface area contributed by atoms with Crippen molar-refractivity contribution in [3.63, 3.8) is 0 Å². The van der Waals surface area contributed by atoms with E-state index in [1.165, 1.54) is 0 Å². The summed E-state index contributed by atoms with van der Waals surface area (Å²) in [4.78, 5) is 10.7. The lowest BCUT2D eigenvalue weighted by molar-refractivity contribution is 0.112. The molecule has 68 valence electrons. The molecule has 2 nitrogen and oxygen atoms in total. The molecule has 0 fully saturated rings. The van der Waals surface area contributed by atoms with E-state index in [2.05, 4.69) is 22.6 Å². The Labute approximate surface area is 90.1 Å². The Balaban J connectivity index is 2.58. The minimum atomic E-state index is -0.301. The summed E-state index contributed by atoms with van der Waals surface area (Å²) in [5.74, 6) is 0. The number of hydrogen-bond acceptors (Lipinski definition) is 2. The first kappa shape index (κ1) is 9.15. The van der Waals surface area contributed by atoms with Crippen molar-refractivity contribution < 1.29 is 9.90 Å². The molecule has 3 heteroatoms. The van der Waals surface area contributed by atoms with Crippen LogP contribution in [0.5, 0.6) is 0 Å². The predicted molar refractivity (Wildman–Crippen MR) is 58.0 cm³/mol. The van der Waals surface area contributed by atoms with Gasteiger partial charge in [-0.25, -0.2) is 0 Å². The van der Waals surface area contributed by atoms with Gasteiger partial charge in [0.15, 0.2) is 0 Å². The molecule has 0 aliphatic heterocycles. The van der Waals surface area contributed by atoms with E-state index in [4.69, 9.17) is 0 Å². The maximum absolute atomic E-state index is 10.7. The van der Waals surface area contributed by atoms with Crippen molar-refractivity contribution in [3.8, 4) is 0 Å². The third kappa shape index (κ3) is 1.50. The van der Waals surface area contributed by atoms with Gasteiger partial charge in [-0.2, -0.15) is 0 Å². The van der Waals surface area contributed by atoms with Gasteiger partial charge in [-0.3, -0.25) is 4.79 Å². The van der Waals surface area contributed by atoms with E-state index in [9.17, 15) is 9.90 Å². The summed E-state index contributed by atoms with van der Waals surface area (Å²) in [6, 6.07) is 3.76. The highest BCUT2D eigenvalue weighted by atomic mass is 127. The molecular weight excluding hydrogens is 279 g/mol. The van der Waals surface area contributed by atoms with Crippen LogP contribution in [0.15, 0.2) is 12.1 Å². The average molecular weight is 288 g/mol. The van der Waals surface area contributed by atoms with Gasteiger partial charge in [0, 0.05) is 15.6 Å². The summed E-state index contributed by atoms with van der Waals surface area (Å²) in [5, 5.41) is 9.48. The highest BCUT2D eigenvalue weighted by molar-refractivity contribution is 14.1. The Bertz CT molecular complexity index is 360. The molecule has 0 heterocycles. The van der Waals surface area contributed by atoms with E-state index in [1.807, 2.05) is 12.1 Å². The summed E-state index contributed by atoms with van der Waals surface area (Å²) in [6.07, 6.45) is 1.88. The minimum Gasteiger partial charge on any atom is -0.392 e. The third-order valence-corrected chi connectivity index (χ3v) is 3.43. The third-order valence-electron chi connectivity index (χ3n) is 2.42. The summed E-state index contributed by atoms with van der Waals surface area (Å²) in [5.41, 5.74) is 2.92. The lowest BCUT2D eigenvalue weighted by Gasteiger charge is -2.03. The standard InChI is InChI=1S/C10H9IO2/c11-10-2-1-6(5-12)8-3-7(13)4-9(8)10/h1-2,5,7,13H,3-4H2/t7-/m1/s1. The molecule has 0 saturated heterocycles. The minimum absolute atomic E-state index is 0.301. The topological polar surface area (TPSA) is 37.3 Å². The Morgan fingerprint density at radius 1 is 1.38 bits per heavy atom. The van der Waals surface area contributed by atoms with Gasteiger partial charge in [0.1, 0.15) is 6.29 Å². The largest absolute Gasteiger partial charge is 0.392 e. The highest BCUT2D eigenvalue weighted by Crippen LogP contribution is 2.28. The number of aliphatic hydroxyl groups is 1. The van der Waals surface area contributed by atoms with Crippen LogP contribution in [0, 0.1) is 3.57 Å². The second-order valence-electron chi connectivity index (χ2n) is 3.27. The molecule has 1 aromatic rings. The van der Waals surface area contributed by atoms with Crippen molar-refractivity contribution in [2.45, 2.75) is 18.9 Å². The van der Waals surface area contributed by atoms with Crippen LogP contribution < -0.4 is 0 Å². The van der Waals surface area contributed by atoms with Gasteiger partial charge < -0.3 is 5.11 Å². The van der Waals surface area contributed by atoms with Crippen molar-refractivity contribution in [2.75, 3.05) is 0 Å². The molecule has 1 N–H and O–H groups in total. The van der Waals surface area contributed by atoms with Crippen LogP contribution in [0.25, 0.3) is 0 Å². The zero-order valence-corrected chi connectivity index (χ0v) is 9.11. The molecule has 0 bridgehead atoms. The normalized spacial score (nSPS) is 20.0. The molecule has 0 saturated carbocycles. The van der Waals surface area contributed by atoms with Crippen LogP contribution in [-0.4, -0.2) is 17.5 Å². The van der Waals surface area contributed by atoms with E-state index in [1.54, 1.807) is 0 Å². The fraction of sp³-hybridized carbons (Fsp3) is 0.300. The number of aldehydes is 1. The molecule has 1 aliphatic carbocycles. The quantitative estimate of drug-likeness (QED) is 0.629. The fourth-order valence-electron chi connectivity index (χ4n) is 1.80. The smallest absolute Gasteiger partial charge is 0.150 e. The first-order valence-corrected chi connectivity index (χ1v) is 5.23. The number of halogens is 1. The summed E-state index contributed by atoms with van der Waals surface area (Å²) < 4.78 is 1.15. The number of hydrogen-bond donors (Lipinski definition) is 1. The van der Waals surface area contributed by atoms with Crippen LogP contribution in [0.2, 0.25) is 0 Å². The van der Waals surface area contributed by atoms with Crippen LogP contribution in [-0.2, 0) is 12.8 Å². The molecule has 0 spiro atoms. The maximum atomic E-state index is 10.7. The van der Waals surface area contributed by atoms with Gasteiger partial charge in [-0.1, -0.05) is 6.07 Å². The Morgan fingerprint density at radius 2 is 2.08 bits per heavy atom. The zero-order chi connectivity index (χ0) is 9.42. The molecule has 1 atom stereocenters. The van der Waals surface area contributed by atoms with Crippen LogP contribution in [0.1, 0.15) is 21.5 Å². The van der Waals surface area contributed by atoms with Gasteiger partial charge >= 0.3 is 0 Å². The van der Waals surface area contributed by atoms with Crippen LogP contribution in [0.4, 0.5) is 0 Å². The molecule has 0 amide bonds. The number of benzene rings is 1. The Kier molecular flexibility index (Phi) is 2.38. The lowest BCUT2D eigenvalue weighted by Crippen LogP contribution is -2.04. The Morgan fingerprint density at radius 3 is 2.77 bits per heavy atom. The number of rotatable bonds is 1. The maximum Gasteiger partial charge on any atom is 0.150 e. The van der Waals surface area contributed by atoms with E-state index in [0.29, 0.717) is 12.8 Å². The van der Waals surface area contributed by atoms with Crippen molar-refractivity contribution in [2.24, 2.45) is 0 Å². The van der Waals surface area contributed by atoms with Gasteiger partial charge in [0.05, 0.1) is 6.10 Å². The number of carbonyl (C=O) groups is 1. The van der Waals surface area contributed by atoms with E-state index < -0.39 is 0 Å². The van der Waals surface area contributed by atoms with Gasteiger partial charge in [0.25, 0.3) is 0 Å². The van der Waals surface area contributed by atoms with Crippen LogP contribution in [0.3, 0.4) is 0 Å². The number of aliphatic hydroxyl groups excluding tert-OH is 1. The van der Waals surface area contributed by atoms with Crippen LogP contribution >= 0.6 is 22.6 Å². The van der Waals surface area contributed by atoms with Crippen molar-refractivity contribution in [3.05, 3.63) is 32.4 Å². The van der Waals surface area contributed by atoms with Gasteiger partial charge in [0.2, 0.25) is 0 Å². The Hall–Kier alpha value is -0.420. The monoisotopic (exact) mass is 288 g/mol. The molecule has 13 heavy (non-hydrogen) atoms. The highest BCUT2D eigenvalue weighted by Gasteiger charge is 2.23. The second kappa shape index (κ2) is 3.38. The summed E-state index contributed by atoms with van der Waals surface area (Å²) in [6.45, 7) is 0. The molecule has 1 aromatic carbocycles. The molecule has 0 unspecified atom stereocenters. The van der Waals surface area contributed by atoms with Gasteiger partial charge in [-0.05, 0) is 46.2 Å². The predicted octanol–water partition coefficient (Wildman–Crippen LogP) is 1.56. The van der Waals surface area contributed by atoms with E-state index >= 15 is 0 Å². The first-order valence-electron chi connectivity index (χ1n) is 4.16.